The van der Waals surface area contributed by atoms with E-state index in [1.54, 1.807) is 12.1 Å². The standard InChI is InChI=1S/C14H17FN2O2/c1-8(13-9(2)17-19-10(13)3)16-7-11-5-4-6-12(15)14(11)18/h4-6,8,16,18H,7H2,1-3H3. The number of rotatable bonds is 4. The molecule has 0 saturated heterocycles. The second-order valence-electron chi connectivity index (χ2n) is 4.59. The van der Waals surface area contributed by atoms with Gasteiger partial charge in [-0.25, -0.2) is 4.39 Å². The monoisotopic (exact) mass is 264 g/mol. The van der Waals surface area contributed by atoms with E-state index in [0.717, 1.165) is 17.0 Å². The summed E-state index contributed by atoms with van der Waals surface area (Å²) in [7, 11) is 0. The minimum absolute atomic E-state index is 0.00826. The van der Waals surface area contributed by atoms with Gasteiger partial charge in [-0.15, -0.1) is 0 Å². The van der Waals surface area contributed by atoms with E-state index in [2.05, 4.69) is 10.5 Å². The first-order valence-corrected chi connectivity index (χ1v) is 6.13. The zero-order valence-corrected chi connectivity index (χ0v) is 11.2. The molecule has 2 aromatic rings. The molecule has 102 valence electrons. The third-order valence-electron chi connectivity index (χ3n) is 3.19. The molecule has 0 spiro atoms. The lowest BCUT2D eigenvalue weighted by Gasteiger charge is -2.14. The molecule has 1 aromatic heterocycles. The lowest BCUT2D eigenvalue weighted by Crippen LogP contribution is -2.19. The van der Waals surface area contributed by atoms with Gasteiger partial charge in [0.1, 0.15) is 5.76 Å². The molecule has 1 unspecified atom stereocenters. The summed E-state index contributed by atoms with van der Waals surface area (Å²) in [5, 5.41) is 16.7. The summed E-state index contributed by atoms with van der Waals surface area (Å²) in [6, 6.07) is 4.50. The lowest BCUT2D eigenvalue weighted by atomic mass is 10.1. The van der Waals surface area contributed by atoms with Crippen LogP contribution in [-0.2, 0) is 6.54 Å². The van der Waals surface area contributed by atoms with Gasteiger partial charge in [0.25, 0.3) is 0 Å². The van der Waals surface area contributed by atoms with Crippen molar-refractivity contribution in [2.45, 2.75) is 33.4 Å². The Morgan fingerprint density at radius 1 is 1.42 bits per heavy atom. The van der Waals surface area contributed by atoms with Crippen LogP contribution < -0.4 is 5.32 Å². The zero-order valence-electron chi connectivity index (χ0n) is 11.2. The SMILES string of the molecule is Cc1noc(C)c1C(C)NCc1cccc(F)c1O. The van der Waals surface area contributed by atoms with E-state index in [0.29, 0.717) is 12.1 Å². The summed E-state index contributed by atoms with van der Waals surface area (Å²) in [6.07, 6.45) is 0. The van der Waals surface area contributed by atoms with E-state index in [9.17, 15) is 9.50 Å². The fraction of sp³-hybridized carbons (Fsp3) is 0.357. The van der Waals surface area contributed by atoms with Gasteiger partial charge in [-0.2, -0.15) is 0 Å². The average Bonchev–Trinajstić information content (AvgIpc) is 2.71. The van der Waals surface area contributed by atoms with Gasteiger partial charge in [0.2, 0.25) is 0 Å². The molecule has 0 fully saturated rings. The molecule has 0 saturated carbocycles. The molecule has 1 heterocycles. The number of aryl methyl sites for hydroxylation is 2. The van der Waals surface area contributed by atoms with E-state index in [4.69, 9.17) is 4.52 Å². The molecule has 0 bridgehead atoms. The summed E-state index contributed by atoms with van der Waals surface area (Å²) >= 11 is 0. The van der Waals surface area contributed by atoms with Crippen LogP contribution in [0.15, 0.2) is 22.7 Å². The van der Waals surface area contributed by atoms with Gasteiger partial charge in [-0.05, 0) is 26.8 Å². The van der Waals surface area contributed by atoms with Crippen molar-refractivity contribution in [3.63, 3.8) is 0 Å². The van der Waals surface area contributed by atoms with Crippen LogP contribution in [0.25, 0.3) is 0 Å². The highest BCUT2D eigenvalue weighted by atomic mass is 19.1. The van der Waals surface area contributed by atoms with Crippen molar-refractivity contribution < 1.29 is 14.0 Å². The fourth-order valence-corrected chi connectivity index (χ4v) is 2.18. The Balaban J connectivity index is 2.09. The van der Waals surface area contributed by atoms with Gasteiger partial charge in [0.15, 0.2) is 11.6 Å². The number of phenols is 1. The highest BCUT2D eigenvalue weighted by molar-refractivity contribution is 5.33. The van der Waals surface area contributed by atoms with E-state index in [1.807, 2.05) is 20.8 Å². The molecule has 0 amide bonds. The third kappa shape index (κ3) is 2.76. The van der Waals surface area contributed by atoms with E-state index >= 15 is 0 Å². The van der Waals surface area contributed by atoms with Crippen LogP contribution in [-0.4, -0.2) is 10.3 Å². The van der Waals surface area contributed by atoms with Gasteiger partial charge in [0.05, 0.1) is 5.69 Å². The molecule has 0 aliphatic carbocycles. The van der Waals surface area contributed by atoms with Crippen molar-refractivity contribution >= 4 is 0 Å². The quantitative estimate of drug-likeness (QED) is 0.891. The average molecular weight is 264 g/mol. The highest BCUT2D eigenvalue weighted by Gasteiger charge is 2.16. The number of aromatic hydroxyl groups is 1. The molecule has 2 N–H and O–H groups in total. The van der Waals surface area contributed by atoms with Crippen LogP contribution in [0.4, 0.5) is 4.39 Å². The van der Waals surface area contributed by atoms with Crippen LogP contribution in [0.5, 0.6) is 5.75 Å². The number of nitrogens with zero attached hydrogens (tertiary/aromatic N) is 1. The Morgan fingerprint density at radius 3 is 2.79 bits per heavy atom. The molecular formula is C14H17FN2O2. The summed E-state index contributed by atoms with van der Waals surface area (Å²) in [4.78, 5) is 0. The Bertz CT molecular complexity index is 561. The van der Waals surface area contributed by atoms with Crippen LogP contribution in [0.3, 0.4) is 0 Å². The molecule has 2 rings (SSSR count). The number of nitrogens with one attached hydrogen (secondary N) is 1. The highest BCUT2D eigenvalue weighted by Crippen LogP contribution is 2.24. The van der Waals surface area contributed by atoms with Crippen molar-refractivity contribution in [3.8, 4) is 5.75 Å². The molecule has 5 heteroatoms. The smallest absolute Gasteiger partial charge is 0.165 e. The minimum Gasteiger partial charge on any atom is -0.505 e. The van der Waals surface area contributed by atoms with Crippen molar-refractivity contribution in [1.82, 2.24) is 10.5 Å². The Morgan fingerprint density at radius 2 is 2.16 bits per heavy atom. The number of hydrogen-bond acceptors (Lipinski definition) is 4. The first-order valence-electron chi connectivity index (χ1n) is 6.13. The number of halogens is 1. The third-order valence-corrected chi connectivity index (χ3v) is 3.19. The van der Waals surface area contributed by atoms with E-state index in [-0.39, 0.29) is 11.8 Å². The molecule has 1 aromatic carbocycles. The normalized spacial score (nSPS) is 12.6. The van der Waals surface area contributed by atoms with Crippen molar-refractivity contribution in [3.05, 3.63) is 46.6 Å². The molecule has 1 atom stereocenters. The molecular weight excluding hydrogens is 247 g/mol. The van der Waals surface area contributed by atoms with Gasteiger partial charge >= 0.3 is 0 Å². The largest absolute Gasteiger partial charge is 0.505 e. The first kappa shape index (κ1) is 13.5. The number of benzene rings is 1. The van der Waals surface area contributed by atoms with E-state index < -0.39 is 5.82 Å². The van der Waals surface area contributed by atoms with Gasteiger partial charge < -0.3 is 14.9 Å². The number of para-hydroxylation sites is 1. The Kier molecular flexibility index (Phi) is 3.85. The van der Waals surface area contributed by atoms with Crippen molar-refractivity contribution in [2.24, 2.45) is 0 Å². The number of hydrogen-bond donors (Lipinski definition) is 2. The van der Waals surface area contributed by atoms with Crippen LogP contribution >= 0.6 is 0 Å². The molecule has 4 nitrogen and oxygen atoms in total. The van der Waals surface area contributed by atoms with E-state index in [1.165, 1.54) is 6.07 Å². The van der Waals surface area contributed by atoms with Crippen molar-refractivity contribution in [2.75, 3.05) is 0 Å². The minimum atomic E-state index is -0.607. The summed E-state index contributed by atoms with van der Waals surface area (Å²) in [5.74, 6) is -0.147. The Labute approximate surface area is 111 Å². The maximum atomic E-state index is 13.2. The van der Waals surface area contributed by atoms with Crippen LogP contribution in [0, 0.1) is 19.7 Å². The van der Waals surface area contributed by atoms with Gasteiger partial charge in [0, 0.05) is 23.7 Å². The lowest BCUT2D eigenvalue weighted by molar-refractivity contribution is 0.390. The van der Waals surface area contributed by atoms with Crippen molar-refractivity contribution in [1.29, 1.82) is 0 Å². The van der Waals surface area contributed by atoms with Gasteiger partial charge in [-0.1, -0.05) is 17.3 Å². The zero-order chi connectivity index (χ0) is 14.0. The van der Waals surface area contributed by atoms with Crippen LogP contribution in [0.1, 0.15) is 35.5 Å². The number of aromatic nitrogens is 1. The second-order valence-corrected chi connectivity index (χ2v) is 4.59. The maximum Gasteiger partial charge on any atom is 0.165 e. The van der Waals surface area contributed by atoms with Gasteiger partial charge in [-0.3, -0.25) is 0 Å². The van der Waals surface area contributed by atoms with Crippen LogP contribution in [0.2, 0.25) is 0 Å². The number of phenolic OH excluding ortho intramolecular Hbond substituents is 1. The predicted octanol–water partition coefficient (Wildman–Crippen LogP) is 2.99. The molecule has 19 heavy (non-hydrogen) atoms. The summed E-state index contributed by atoms with van der Waals surface area (Å²) in [6.45, 7) is 6.08. The first-order chi connectivity index (χ1) is 9.00. The topological polar surface area (TPSA) is 58.3 Å². The summed E-state index contributed by atoms with van der Waals surface area (Å²) < 4.78 is 18.3. The fourth-order valence-electron chi connectivity index (χ4n) is 2.18. The molecule has 0 aliphatic heterocycles. The summed E-state index contributed by atoms with van der Waals surface area (Å²) in [5.41, 5.74) is 2.36. The molecule has 0 aliphatic rings. The maximum absolute atomic E-state index is 13.2. The molecule has 0 radical (unpaired) electrons. The Hall–Kier alpha value is -1.88. The second kappa shape index (κ2) is 5.40. The predicted molar refractivity (Wildman–Crippen MR) is 69.3 cm³/mol.